The Morgan fingerprint density at radius 2 is 0.806 bits per heavy atom. The molecule has 0 fully saturated rings. The van der Waals surface area contributed by atoms with Crippen molar-refractivity contribution in [3.63, 3.8) is 0 Å². The maximum Gasteiger partial charge on any atom is 0.383 e. The molecule has 0 N–H and O–H groups in total. The van der Waals surface area contributed by atoms with Crippen LogP contribution in [0.1, 0.15) is 128 Å². The van der Waals surface area contributed by atoms with Gasteiger partial charge in [-0.3, -0.25) is 0 Å². The number of rotatable bonds is 26. The Labute approximate surface area is 378 Å². The Balaban J connectivity index is 1.00. The number of halogens is 4. The molecule has 62 heavy (non-hydrogen) atoms. The molecule has 14 heteroatoms. The van der Waals surface area contributed by atoms with Gasteiger partial charge in [0.05, 0.1) is 47.4 Å². The van der Waals surface area contributed by atoms with Gasteiger partial charge in [0.1, 0.15) is 22.4 Å². The summed E-state index contributed by atoms with van der Waals surface area (Å²) < 4.78 is 89.0. The third-order valence-corrected chi connectivity index (χ3v) is 14.6. The van der Waals surface area contributed by atoms with Crippen LogP contribution < -0.4 is 0 Å². The summed E-state index contributed by atoms with van der Waals surface area (Å²) in [5.74, 6) is 0. The number of fused-ring (bicyclic) bond motifs is 2. The van der Waals surface area contributed by atoms with Crippen molar-refractivity contribution in [2.75, 3.05) is 13.2 Å². The summed E-state index contributed by atoms with van der Waals surface area (Å²) in [5.41, 5.74) is 5.77. The minimum Gasteiger partial charge on any atom is -0.317 e. The number of hydrogen-bond donors (Lipinski definition) is 0. The number of nitrogens with zero attached hydrogens (tertiary/aromatic N) is 4. The summed E-state index contributed by atoms with van der Waals surface area (Å²) in [6.45, 7) is 4.44. The van der Waals surface area contributed by atoms with Crippen LogP contribution in [0.15, 0.2) is 81.5 Å². The molecule has 6 nitrogen and oxygen atoms in total. The lowest BCUT2D eigenvalue weighted by atomic mass is 10.0. The van der Waals surface area contributed by atoms with Crippen LogP contribution >= 0.6 is 34.4 Å². The number of ether oxygens (including phenoxy) is 2. The second kappa shape index (κ2) is 22.3. The van der Waals surface area contributed by atoms with E-state index in [4.69, 9.17) is 26.9 Å². The van der Waals surface area contributed by atoms with Gasteiger partial charge in [-0.2, -0.15) is 35.0 Å². The fourth-order valence-electron chi connectivity index (χ4n) is 7.68. The number of unbranched alkanes of at least 4 members (excludes halogenated alkanes) is 14. The third kappa shape index (κ3) is 11.5. The average Bonchev–Trinajstić information content (AvgIpc) is 4.13. The smallest absolute Gasteiger partial charge is 0.317 e. The molecule has 1 aliphatic rings. The first-order chi connectivity index (χ1) is 30.2. The zero-order valence-electron chi connectivity index (χ0n) is 35.4. The van der Waals surface area contributed by atoms with E-state index in [9.17, 15) is 17.6 Å². The van der Waals surface area contributed by atoms with Crippen LogP contribution in [0.4, 0.5) is 28.9 Å². The van der Waals surface area contributed by atoms with E-state index in [-0.39, 0.29) is 24.3 Å². The van der Waals surface area contributed by atoms with Gasteiger partial charge in [-0.15, -0.1) is 22.7 Å². The molecule has 0 amide bonds. The molecule has 6 aromatic rings. The molecule has 7 rings (SSSR count). The van der Waals surface area contributed by atoms with Crippen LogP contribution in [0.2, 0.25) is 0 Å². The lowest BCUT2D eigenvalue weighted by Gasteiger charge is -2.17. The summed E-state index contributed by atoms with van der Waals surface area (Å²) in [5, 5.41) is 0. The standard InChI is InChI=1S/C48H54F4N4O2S4/c1-3-5-7-9-11-13-15-17-31-57-47(49,50)35-23-19-33(20-24-35)37-27-29-39(59-37)41-43-45(55-61-53-43)42(46-44(41)54-62-56-46)40-30-28-38(60-40)34-21-25-36(26-22-34)48(51,52)58-32-18-16-14-12-10-8-6-4-2/h19-30H,3-18,31-32H2,1-2H3. The van der Waals surface area contributed by atoms with Gasteiger partial charge < -0.3 is 9.47 Å². The van der Waals surface area contributed by atoms with Gasteiger partial charge >= 0.3 is 12.2 Å². The molecule has 3 aromatic heterocycles. The molecule has 0 radical (unpaired) electrons. The Morgan fingerprint density at radius 1 is 0.452 bits per heavy atom. The topological polar surface area (TPSA) is 69.0 Å². The molecular formula is C48H54F4N4O2S4. The molecule has 0 saturated carbocycles. The highest BCUT2D eigenvalue weighted by Gasteiger charge is 2.34. The Kier molecular flexibility index (Phi) is 16.7. The van der Waals surface area contributed by atoms with Crippen LogP contribution in [0.5, 0.6) is 0 Å². The van der Waals surface area contributed by atoms with Gasteiger partial charge in [0, 0.05) is 30.6 Å². The van der Waals surface area contributed by atoms with E-state index < -0.39 is 12.2 Å². The van der Waals surface area contributed by atoms with Crippen molar-refractivity contribution in [2.45, 2.75) is 129 Å². The van der Waals surface area contributed by atoms with E-state index in [0.29, 0.717) is 35.2 Å². The van der Waals surface area contributed by atoms with E-state index in [2.05, 4.69) is 13.8 Å². The molecule has 0 saturated heterocycles. The first-order valence-corrected chi connectivity index (χ1v) is 25.2. The zero-order chi connectivity index (χ0) is 43.4. The Morgan fingerprint density at radius 3 is 1.19 bits per heavy atom. The van der Waals surface area contributed by atoms with E-state index in [1.54, 1.807) is 24.3 Å². The summed E-state index contributed by atoms with van der Waals surface area (Å²) in [7, 11) is 0. The highest BCUT2D eigenvalue weighted by atomic mass is 32.1. The van der Waals surface area contributed by atoms with Crippen molar-refractivity contribution < 1.29 is 27.0 Å². The van der Waals surface area contributed by atoms with Crippen molar-refractivity contribution in [3.05, 3.63) is 83.9 Å². The molecule has 0 spiro atoms. The first kappa shape index (κ1) is 46.3. The second-order valence-corrected chi connectivity index (χ2v) is 19.1. The molecule has 0 bridgehead atoms. The van der Waals surface area contributed by atoms with Gasteiger partial charge in [0.15, 0.2) is 0 Å². The lowest BCUT2D eigenvalue weighted by Crippen LogP contribution is -2.18. The van der Waals surface area contributed by atoms with E-state index in [1.807, 2.05) is 24.3 Å². The van der Waals surface area contributed by atoms with Crippen molar-refractivity contribution in [3.8, 4) is 41.8 Å². The summed E-state index contributed by atoms with van der Waals surface area (Å²) in [6, 6.07) is 20.6. The summed E-state index contributed by atoms with van der Waals surface area (Å²) >= 11 is 5.28. The number of thiophene rings is 2. The first-order valence-electron chi connectivity index (χ1n) is 22.1. The fraction of sp³-hybridized carbons (Fsp3) is 0.458. The van der Waals surface area contributed by atoms with Crippen LogP contribution in [0.3, 0.4) is 0 Å². The maximum atomic E-state index is 15.0. The minimum atomic E-state index is -3.36. The molecule has 3 aromatic carbocycles. The van der Waals surface area contributed by atoms with Crippen LogP contribution in [-0.4, -0.2) is 22.0 Å². The number of benzene rings is 3. The van der Waals surface area contributed by atoms with E-state index in [0.717, 1.165) is 103 Å². The molecule has 1 aliphatic heterocycles. The minimum absolute atomic E-state index is 0.0254. The van der Waals surface area contributed by atoms with Gasteiger partial charge in [-0.05, 0) is 72.5 Å². The van der Waals surface area contributed by atoms with Crippen molar-refractivity contribution in [1.29, 1.82) is 0 Å². The van der Waals surface area contributed by atoms with Crippen molar-refractivity contribution in [1.82, 2.24) is 8.75 Å². The fourth-order valence-corrected chi connectivity index (χ4v) is 10.9. The van der Waals surface area contributed by atoms with Gasteiger partial charge in [0.2, 0.25) is 0 Å². The Bertz CT molecular complexity index is 2260. The van der Waals surface area contributed by atoms with Crippen molar-refractivity contribution in [2.24, 2.45) is 8.73 Å². The molecule has 0 aliphatic carbocycles. The van der Waals surface area contributed by atoms with Crippen LogP contribution in [0.25, 0.3) is 52.8 Å². The zero-order valence-corrected chi connectivity index (χ0v) is 38.7. The third-order valence-electron chi connectivity index (χ3n) is 11.2. The molecule has 4 heterocycles. The second-order valence-electron chi connectivity index (χ2n) is 15.8. The Hall–Kier alpha value is -3.66. The molecular weight excluding hydrogens is 869 g/mol. The molecule has 0 unspecified atom stereocenters. The van der Waals surface area contributed by atoms with E-state index >= 15 is 0 Å². The summed E-state index contributed by atoms with van der Waals surface area (Å²) in [4.78, 5) is 3.65. The largest absolute Gasteiger partial charge is 0.383 e. The number of alkyl halides is 4. The monoisotopic (exact) mass is 922 g/mol. The highest BCUT2D eigenvalue weighted by Crippen LogP contribution is 2.54. The van der Waals surface area contributed by atoms with Gasteiger partial charge in [-0.1, -0.05) is 128 Å². The quantitative estimate of drug-likeness (QED) is 0.0401. The summed E-state index contributed by atoms with van der Waals surface area (Å²) in [6.07, 6.45) is 10.5. The highest BCUT2D eigenvalue weighted by molar-refractivity contribution is 7.58. The SMILES string of the molecule is CCCCCCCCCCOC(F)(F)c1ccc(-c2ccc(-c3c4c(c(-c5ccc(-c6ccc(C(F)(F)OCCCCCCCCCC)cc6)s5)c5nsnc35)N=S=N4)s2)cc1. The van der Waals surface area contributed by atoms with Gasteiger partial charge in [0.25, 0.3) is 0 Å². The number of hydrogen-bond acceptors (Lipinski definition) is 9. The number of aromatic nitrogens is 2. The lowest BCUT2D eigenvalue weighted by molar-refractivity contribution is -0.249. The van der Waals surface area contributed by atoms with Crippen LogP contribution in [-0.2, 0) is 33.0 Å². The maximum absolute atomic E-state index is 15.0. The molecule has 0 atom stereocenters. The average molecular weight is 923 g/mol. The predicted octanol–water partition coefficient (Wildman–Crippen LogP) is 17.6. The normalized spacial score (nSPS) is 12.7. The molecule has 330 valence electrons. The van der Waals surface area contributed by atoms with Crippen molar-refractivity contribution >= 4 is 68.2 Å². The van der Waals surface area contributed by atoms with Crippen LogP contribution in [0, 0.1) is 0 Å². The van der Waals surface area contributed by atoms with Gasteiger partial charge in [-0.25, -0.2) is 0 Å². The van der Waals surface area contributed by atoms with E-state index in [1.165, 1.54) is 98.3 Å². The predicted molar refractivity (Wildman–Crippen MR) is 251 cm³/mol.